The van der Waals surface area contributed by atoms with Gasteiger partial charge in [-0.05, 0) is 12.5 Å². The highest BCUT2D eigenvalue weighted by Gasteiger charge is 2.06. The molecule has 0 heterocycles. The Morgan fingerprint density at radius 3 is 1.89 bits per heavy atom. The van der Waals surface area contributed by atoms with Gasteiger partial charge in [-0.15, -0.1) is 0 Å². The minimum Gasteiger partial charge on any atom is -0.282 e. The summed E-state index contributed by atoms with van der Waals surface area (Å²) < 4.78 is 0. The molecule has 0 radical (unpaired) electrons. The number of nitrogens with one attached hydrogen (secondary N) is 1. The van der Waals surface area contributed by atoms with Gasteiger partial charge in [0.2, 0.25) is 0 Å². The molecule has 3 aromatic rings. The van der Waals surface area contributed by atoms with Crippen LogP contribution in [0.1, 0.15) is 23.6 Å². The van der Waals surface area contributed by atoms with Crippen molar-refractivity contribution >= 4 is 5.71 Å². The fourth-order valence-electron chi connectivity index (χ4n) is 2.57. The fourth-order valence-corrected chi connectivity index (χ4v) is 2.57. The lowest BCUT2D eigenvalue weighted by Gasteiger charge is -2.08. The van der Waals surface area contributed by atoms with Crippen LogP contribution in [0.25, 0.3) is 0 Å². The lowest BCUT2D eigenvalue weighted by molar-refractivity contribution is 0.889. The van der Waals surface area contributed by atoms with E-state index in [-0.39, 0.29) is 0 Å². The van der Waals surface area contributed by atoms with Crippen molar-refractivity contribution in [2.75, 3.05) is 0 Å². The molecule has 2 nitrogen and oxygen atoms in total. The molecule has 0 spiro atoms. The molecule has 132 valence electrons. The van der Waals surface area contributed by atoms with Crippen molar-refractivity contribution in [3.05, 3.63) is 119 Å². The zero-order chi connectivity index (χ0) is 18.7. The first-order valence-corrected chi connectivity index (χ1v) is 8.96. The molecule has 0 atom stereocenters. The van der Waals surface area contributed by atoms with Gasteiger partial charge < -0.3 is 0 Å². The first kappa shape index (κ1) is 18.2. The second kappa shape index (κ2) is 9.79. The molecule has 0 saturated carbocycles. The summed E-state index contributed by atoms with van der Waals surface area (Å²) in [6.07, 6.45) is 2.60. The minimum atomic E-state index is 0.743. The van der Waals surface area contributed by atoms with E-state index in [2.05, 4.69) is 58.8 Å². The van der Waals surface area contributed by atoms with E-state index in [9.17, 15) is 0 Å². The number of nitrogens with zero attached hydrogens (tertiary/aromatic N) is 1. The average Bonchev–Trinajstić information content (AvgIpc) is 2.74. The minimum absolute atomic E-state index is 0.743. The SMILES string of the molecule is CC(=CC#CCc1ccccc1)NN=C(c1ccccc1)c1ccccc1. The molecule has 0 aliphatic heterocycles. The highest BCUT2D eigenvalue weighted by atomic mass is 15.3. The van der Waals surface area contributed by atoms with Gasteiger partial charge >= 0.3 is 0 Å². The average molecular weight is 350 g/mol. The van der Waals surface area contributed by atoms with Crippen molar-refractivity contribution in [2.24, 2.45) is 5.10 Å². The predicted molar refractivity (Wildman–Crippen MR) is 113 cm³/mol. The Hall–Kier alpha value is -3.57. The van der Waals surface area contributed by atoms with E-state index >= 15 is 0 Å². The van der Waals surface area contributed by atoms with Crippen molar-refractivity contribution in [2.45, 2.75) is 13.3 Å². The zero-order valence-corrected chi connectivity index (χ0v) is 15.4. The van der Waals surface area contributed by atoms with Gasteiger partial charge in [-0.3, -0.25) is 5.43 Å². The molecule has 0 fully saturated rings. The largest absolute Gasteiger partial charge is 0.282 e. The van der Waals surface area contributed by atoms with E-state index in [4.69, 9.17) is 0 Å². The van der Waals surface area contributed by atoms with Crippen LogP contribution in [0.5, 0.6) is 0 Å². The molecular formula is C25H22N2. The number of benzene rings is 3. The number of hydrazone groups is 1. The monoisotopic (exact) mass is 350 g/mol. The molecule has 3 rings (SSSR count). The smallest absolute Gasteiger partial charge is 0.0977 e. The Morgan fingerprint density at radius 2 is 1.33 bits per heavy atom. The van der Waals surface area contributed by atoms with Crippen LogP contribution in [-0.2, 0) is 6.42 Å². The Labute approximate surface area is 161 Å². The summed E-state index contributed by atoms with van der Waals surface area (Å²) in [5, 5.41) is 4.63. The molecular weight excluding hydrogens is 328 g/mol. The van der Waals surface area contributed by atoms with E-state index < -0.39 is 0 Å². The standard InChI is InChI=1S/C25H22N2/c1-21(13-11-12-16-22-14-5-2-6-15-22)26-27-25(23-17-7-3-8-18-23)24-19-9-4-10-20-24/h2-10,13-15,17-20,26H,16H2,1H3. The third kappa shape index (κ3) is 5.73. The third-order valence-corrected chi connectivity index (χ3v) is 3.96. The summed E-state index contributed by atoms with van der Waals surface area (Å²) in [6.45, 7) is 1.97. The molecule has 0 unspecified atom stereocenters. The quantitative estimate of drug-likeness (QED) is 0.383. The second-order valence-electron chi connectivity index (χ2n) is 6.12. The zero-order valence-electron chi connectivity index (χ0n) is 15.4. The van der Waals surface area contributed by atoms with Gasteiger partial charge in [0.15, 0.2) is 0 Å². The van der Waals surface area contributed by atoms with Crippen molar-refractivity contribution in [3.63, 3.8) is 0 Å². The first-order chi connectivity index (χ1) is 13.3. The lowest BCUT2D eigenvalue weighted by atomic mass is 10.0. The van der Waals surface area contributed by atoms with Crippen LogP contribution in [0.4, 0.5) is 0 Å². The maximum atomic E-state index is 4.63. The summed E-state index contributed by atoms with van der Waals surface area (Å²) in [7, 11) is 0. The van der Waals surface area contributed by atoms with E-state index in [1.165, 1.54) is 5.56 Å². The van der Waals surface area contributed by atoms with Crippen LogP contribution < -0.4 is 5.43 Å². The van der Waals surface area contributed by atoms with E-state index in [0.717, 1.165) is 29.0 Å². The highest BCUT2D eigenvalue weighted by molar-refractivity contribution is 6.12. The first-order valence-electron chi connectivity index (χ1n) is 8.96. The van der Waals surface area contributed by atoms with Gasteiger partial charge in [0.05, 0.1) is 5.71 Å². The topological polar surface area (TPSA) is 24.4 Å². The number of hydrogen-bond acceptors (Lipinski definition) is 2. The van der Waals surface area contributed by atoms with Gasteiger partial charge in [-0.25, -0.2) is 0 Å². The maximum absolute atomic E-state index is 4.63. The van der Waals surface area contributed by atoms with Crippen molar-refractivity contribution in [3.8, 4) is 11.8 Å². The van der Waals surface area contributed by atoms with Crippen LogP contribution in [0.2, 0.25) is 0 Å². The van der Waals surface area contributed by atoms with E-state index in [0.29, 0.717) is 0 Å². The Bertz CT molecular complexity index is 919. The molecule has 0 amide bonds. The van der Waals surface area contributed by atoms with Gasteiger partial charge in [0.1, 0.15) is 0 Å². The van der Waals surface area contributed by atoms with Crippen LogP contribution in [0, 0.1) is 11.8 Å². The van der Waals surface area contributed by atoms with Gasteiger partial charge in [0.25, 0.3) is 0 Å². The van der Waals surface area contributed by atoms with Gasteiger partial charge in [-0.2, -0.15) is 5.10 Å². The lowest BCUT2D eigenvalue weighted by Crippen LogP contribution is -2.11. The molecule has 0 aliphatic rings. The second-order valence-corrected chi connectivity index (χ2v) is 6.12. The van der Waals surface area contributed by atoms with E-state index in [1.807, 2.05) is 67.6 Å². The van der Waals surface area contributed by atoms with Crippen LogP contribution >= 0.6 is 0 Å². The fraction of sp³-hybridized carbons (Fsp3) is 0.0800. The molecule has 0 aromatic heterocycles. The number of hydrogen-bond donors (Lipinski definition) is 1. The summed E-state index contributed by atoms with van der Waals surface area (Å²) in [6, 6.07) is 30.6. The number of rotatable bonds is 5. The third-order valence-electron chi connectivity index (χ3n) is 3.96. The Morgan fingerprint density at radius 1 is 0.815 bits per heavy atom. The molecule has 0 aliphatic carbocycles. The van der Waals surface area contributed by atoms with Crippen LogP contribution in [0.15, 0.2) is 108 Å². The Balaban J connectivity index is 1.72. The normalized spacial score (nSPS) is 10.5. The van der Waals surface area contributed by atoms with Crippen molar-refractivity contribution < 1.29 is 0 Å². The highest BCUT2D eigenvalue weighted by Crippen LogP contribution is 2.10. The maximum Gasteiger partial charge on any atom is 0.0977 e. The Kier molecular flexibility index (Phi) is 6.61. The summed E-state index contributed by atoms with van der Waals surface area (Å²) in [5.74, 6) is 6.26. The van der Waals surface area contributed by atoms with Crippen molar-refractivity contribution in [1.29, 1.82) is 0 Å². The number of allylic oxidation sites excluding steroid dienone is 2. The van der Waals surface area contributed by atoms with Gasteiger partial charge in [0, 0.05) is 29.3 Å². The van der Waals surface area contributed by atoms with Crippen LogP contribution in [-0.4, -0.2) is 5.71 Å². The molecule has 0 saturated heterocycles. The molecule has 0 bridgehead atoms. The summed E-state index contributed by atoms with van der Waals surface area (Å²) in [5.41, 5.74) is 8.29. The predicted octanol–water partition coefficient (Wildman–Crippen LogP) is 5.18. The molecule has 27 heavy (non-hydrogen) atoms. The molecule has 1 N–H and O–H groups in total. The molecule has 3 aromatic carbocycles. The van der Waals surface area contributed by atoms with Gasteiger partial charge in [-0.1, -0.05) is 103 Å². The summed E-state index contributed by atoms with van der Waals surface area (Å²) in [4.78, 5) is 0. The summed E-state index contributed by atoms with van der Waals surface area (Å²) >= 11 is 0. The van der Waals surface area contributed by atoms with E-state index in [1.54, 1.807) is 0 Å². The molecule has 2 heteroatoms. The van der Waals surface area contributed by atoms with Crippen LogP contribution in [0.3, 0.4) is 0 Å². The van der Waals surface area contributed by atoms with Crippen molar-refractivity contribution in [1.82, 2.24) is 5.43 Å².